The van der Waals surface area contributed by atoms with Gasteiger partial charge in [-0.1, -0.05) is 26.0 Å². The fraction of sp³-hybridized carbons (Fsp3) is 0.235. The number of nitrogens with one attached hydrogen (secondary N) is 1. The molecule has 6 aromatic carbocycles. The smallest absolute Gasteiger partial charge is 0.343 e. The Morgan fingerprint density at radius 3 is 1.63 bits per heavy atom. The molecule has 1 unspecified atom stereocenters. The average Bonchev–Trinajstić information content (AvgIpc) is 3.38. The number of unbranched alkanes of at least 4 members (excludes halogenated alkanes) is 3. The van der Waals surface area contributed by atoms with E-state index >= 15 is 0 Å². The highest BCUT2D eigenvalue weighted by atomic mass is 32.2. The summed E-state index contributed by atoms with van der Waals surface area (Å²) in [6, 6.07) is 28.5. The number of phenols is 1. The molecule has 1 atom stereocenters. The van der Waals surface area contributed by atoms with Crippen molar-refractivity contribution in [3.05, 3.63) is 144 Å². The standard InChI is InChI=1S/C51H52N6O14S2/c1-3-32(2)49(61)69-25-7-5-4-6-24-68-42-18-10-34(11-19-42)51(63)71-47-23-15-38(27-36(47)31-59)54-56-40-13-21-44(48(29-40)73(52,66)67)43-20-12-39(28-45(43)57-72(64)65)55-53-37-14-22-46(35(26-37)30-58)70-50(62)33-8-16-41(60)17-9-33/h8-23,26-29,32,58-60,72H,3-7,24-25,30-31H2,1-2H3,(H2,52,66,67)(H,57,64,65). The van der Waals surface area contributed by atoms with Crippen LogP contribution in [0.3, 0.4) is 0 Å². The van der Waals surface area contributed by atoms with Crippen LogP contribution in [0.4, 0.5) is 28.4 Å². The molecule has 0 bridgehead atoms. The summed E-state index contributed by atoms with van der Waals surface area (Å²) in [5.74, 6) is -1.02. The molecule has 382 valence electrons. The zero-order valence-electron chi connectivity index (χ0n) is 39.5. The summed E-state index contributed by atoms with van der Waals surface area (Å²) in [7, 11) is -7.75. The van der Waals surface area contributed by atoms with E-state index in [1.807, 2.05) is 13.8 Å². The van der Waals surface area contributed by atoms with Crippen molar-refractivity contribution in [3.63, 3.8) is 0 Å². The van der Waals surface area contributed by atoms with Crippen molar-refractivity contribution in [1.82, 2.24) is 0 Å². The predicted molar refractivity (Wildman–Crippen MR) is 269 cm³/mol. The number of carbonyl (C=O) groups excluding carboxylic acids is 3. The summed E-state index contributed by atoms with van der Waals surface area (Å²) in [4.78, 5) is 37.0. The molecular formula is C51H52N6O14S2. The molecular weight excluding hydrogens is 985 g/mol. The molecule has 0 aromatic heterocycles. The topological polar surface area (TPSA) is 305 Å². The molecule has 20 nitrogen and oxygen atoms in total. The third kappa shape index (κ3) is 15.8. The Balaban J connectivity index is 1.09. The number of hydrogen-bond acceptors (Lipinski definition) is 18. The van der Waals surface area contributed by atoms with Crippen LogP contribution in [0, 0.1) is 5.92 Å². The van der Waals surface area contributed by atoms with Gasteiger partial charge >= 0.3 is 17.9 Å². The lowest BCUT2D eigenvalue weighted by Gasteiger charge is -2.13. The number of azo groups is 2. The number of esters is 3. The molecule has 6 N–H and O–H groups in total. The van der Waals surface area contributed by atoms with Gasteiger partial charge in [0.25, 0.3) is 0 Å². The summed E-state index contributed by atoms with van der Waals surface area (Å²) in [6.45, 7) is 3.61. The van der Waals surface area contributed by atoms with Crippen LogP contribution >= 0.6 is 0 Å². The Labute approximate surface area is 422 Å². The molecule has 73 heavy (non-hydrogen) atoms. The highest BCUT2D eigenvalue weighted by Gasteiger charge is 2.21. The molecule has 22 heteroatoms. The number of anilines is 1. The number of carbonyl (C=O) groups is 3. The molecule has 6 rings (SSSR count). The minimum absolute atomic E-state index is 0.00603. The van der Waals surface area contributed by atoms with Crippen LogP contribution in [0.5, 0.6) is 23.0 Å². The van der Waals surface area contributed by atoms with E-state index in [1.54, 1.807) is 24.3 Å². The van der Waals surface area contributed by atoms with E-state index in [-0.39, 0.29) is 91.0 Å². The van der Waals surface area contributed by atoms with Crippen LogP contribution in [0.1, 0.15) is 77.8 Å². The summed E-state index contributed by atoms with van der Waals surface area (Å²) in [6.07, 6.45) is 4.13. The van der Waals surface area contributed by atoms with Crippen molar-refractivity contribution in [2.45, 2.75) is 64.1 Å². The van der Waals surface area contributed by atoms with Crippen LogP contribution in [0.25, 0.3) is 11.1 Å². The van der Waals surface area contributed by atoms with Gasteiger partial charge in [-0.15, -0.1) is 0 Å². The lowest BCUT2D eigenvalue weighted by atomic mass is 10.0. The van der Waals surface area contributed by atoms with Crippen molar-refractivity contribution in [2.24, 2.45) is 31.5 Å². The van der Waals surface area contributed by atoms with Crippen LogP contribution < -0.4 is 24.1 Å². The second-order valence-corrected chi connectivity index (χ2v) is 18.5. The van der Waals surface area contributed by atoms with E-state index in [0.29, 0.717) is 19.0 Å². The molecule has 0 radical (unpaired) electrons. The number of aliphatic hydroxyl groups is 2. The van der Waals surface area contributed by atoms with Crippen LogP contribution in [-0.2, 0) is 43.7 Å². The Bertz CT molecular complexity index is 3180. The SMILES string of the molecule is CCC(C)C(=O)OCCCCCCOc1ccc(C(=O)Oc2ccc(N=Nc3ccc(-c4ccc(N=Nc5ccc(OC(=O)c6ccc(O)cc6)c(CO)c5)cc4N[SH](=O)=O)c(S(N)(=O)=O)c3)cc2CO)cc1. The molecule has 0 spiro atoms. The molecule has 0 saturated heterocycles. The molecule has 0 aliphatic rings. The number of sulfonamides is 1. The Morgan fingerprint density at radius 2 is 1.12 bits per heavy atom. The van der Waals surface area contributed by atoms with E-state index in [9.17, 15) is 46.5 Å². The lowest BCUT2D eigenvalue weighted by molar-refractivity contribution is -0.148. The van der Waals surface area contributed by atoms with Crippen LogP contribution in [0.2, 0.25) is 0 Å². The van der Waals surface area contributed by atoms with Crippen LogP contribution in [0.15, 0.2) is 147 Å². The quantitative estimate of drug-likeness (QED) is 0.0108. The number of ether oxygens (including phenoxy) is 4. The molecule has 0 amide bonds. The third-order valence-electron chi connectivity index (χ3n) is 10.9. The first-order valence-corrected chi connectivity index (χ1v) is 25.4. The number of rotatable bonds is 24. The van der Waals surface area contributed by atoms with Crippen molar-refractivity contribution < 1.29 is 65.5 Å². The number of phenolic OH excluding ortho intramolecular Hbond substituents is 1. The molecule has 0 heterocycles. The van der Waals surface area contributed by atoms with E-state index < -0.39 is 51.0 Å². The Morgan fingerprint density at radius 1 is 0.644 bits per heavy atom. The number of nitrogens with two attached hydrogens (primary N) is 1. The molecule has 0 fully saturated rings. The van der Waals surface area contributed by atoms with Crippen molar-refractivity contribution in [2.75, 3.05) is 17.9 Å². The number of aliphatic hydroxyl groups excluding tert-OH is 2. The van der Waals surface area contributed by atoms with Crippen molar-refractivity contribution in [1.29, 1.82) is 0 Å². The molecule has 0 saturated carbocycles. The molecule has 0 aliphatic heterocycles. The lowest BCUT2D eigenvalue weighted by Crippen LogP contribution is -2.14. The fourth-order valence-electron chi connectivity index (χ4n) is 6.82. The average molecular weight is 1040 g/mol. The van der Waals surface area contributed by atoms with Gasteiger partial charge in [0, 0.05) is 22.3 Å². The summed E-state index contributed by atoms with van der Waals surface area (Å²) >= 11 is 0. The van der Waals surface area contributed by atoms with Gasteiger partial charge in [0.05, 0.1) is 76.8 Å². The minimum Gasteiger partial charge on any atom is -0.508 e. The Kier molecular flexibility index (Phi) is 19.4. The van der Waals surface area contributed by atoms with Gasteiger partial charge in [-0.25, -0.2) is 31.6 Å². The first-order chi connectivity index (χ1) is 35.0. The maximum atomic E-state index is 13.0. The largest absolute Gasteiger partial charge is 0.508 e. The fourth-order valence-corrected chi connectivity index (χ4v) is 7.97. The number of benzene rings is 6. The Hall–Kier alpha value is -7.89. The van der Waals surface area contributed by atoms with Gasteiger partial charge in [0.1, 0.15) is 23.0 Å². The van der Waals surface area contributed by atoms with Gasteiger partial charge in [-0.3, -0.25) is 9.52 Å². The van der Waals surface area contributed by atoms with E-state index in [2.05, 4.69) is 25.2 Å². The van der Waals surface area contributed by atoms with Crippen LogP contribution in [-0.4, -0.2) is 63.3 Å². The van der Waals surface area contributed by atoms with E-state index in [1.165, 1.54) is 91.0 Å². The van der Waals surface area contributed by atoms with Gasteiger partial charge in [-0.05, 0) is 141 Å². The second-order valence-electron chi connectivity index (χ2n) is 16.2. The molecule has 6 aromatic rings. The van der Waals surface area contributed by atoms with Crippen molar-refractivity contribution in [3.8, 4) is 34.1 Å². The zero-order valence-corrected chi connectivity index (χ0v) is 41.3. The summed E-state index contributed by atoms with van der Waals surface area (Å²) in [5, 5.41) is 51.9. The van der Waals surface area contributed by atoms with E-state index in [4.69, 9.17) is 24.1 Å². The second kappa shape index (κ2) is 26.0. The summed E-state index contributed by atoms with van der Waals surface area (Å²) < 4.78 is 74.2. The highest BCUT2D eigenvalue weighted by molar-refractivity contribution is 7.89. The first kappa shape index (κ1) is 54.4. The molecule has 0 aliphatic carbocycles. The number of nitrogens with zero attached hydrogens (tertiary/aromatic N) is 4. The zero-order chi connectivity index (χ0) is 52.5. The first-order valence-electron chi connectivity index (χ1n) is 22.7. The predicted octanol–water partition coefficient (Wildman–Crippen LogP) is 9.43. The van der Waals surface area contributed by atoms with Gasteiger partial charge in [0.15, 0.2) is 0 Å². The third-order valence-corrected chi connectivity index (χ3v) is 12.3. The monoisotopic (exact) mass is 1040 g/mol. The minimum atomic E-state index is -4.48. The number of hydrogen-bond donors (Lipinski definition) is 6. The summed E-state index contributed by atoms with van der Waals surface area (Å²) in [5.41, 5.74) is 1.46. The number of aromatic hydroxyl groups is 1. The number of thiol groups is 1. The maximum absolute atomic E-state index is 13.0. The highest BCUT2D eigenvalue weighted by Crippen LogP contribution is 2.38. The number of primary sulfonamides is 1. The van der Waals surface area contributed by atoms with Crippen molar-refractivity contribution >= 4 is 67.3 Å². The van der Waals surface area contributed by atoms with Gasteiger partial charge in [-0.2, -0.15) is 20.5 Å². The van der Waals surface area contributed by atoms with Gasteiger partial charge in [0.2, 0.25) is 20.9 Å². The van der Waals surface area contributed by atoms with Gasteiger partial charge < -0.3 is 34.3 Å². The maximum Gasteiger partial charge on any atom is 0.343 e. The van der Waals surface area contributed by atoms with E-state index in [0.717, 1.165) is 38.2 Å². The normalized spacial score (nSPS) is 12.0.